The first-order valence-electron chi connectivity index (χ1n) is 24.3. The smallest absolute Gasteiger partial charge is 0.324 e. The number of pyridine rings is 1. The summed E-state index contributed by atoms with van der Waals surface area (Å²) in [5.41, 5.74) is 8.56. The lowest BCUT2D eigenvalue weighted by Crippen LogP contribution is -2.62. The van der Waals surface area contributed by atoms with Crippen LogP contribution in [-0.2, 0) is 41.6 Å². The molecule has 1 radical (unpaired) electrons. The molecule has 0 unspecified atom stereocenters. The van der Waals surface area contributed by atoms with Gasteiger partial charge in [-0.3, -0.25) is 34.1 Å². The van der Waals surface area contributed by atoms with Crippen molar-refractivity contribution >= 4 is 60.6 Å². The van der Waals surface area contributed by atoms with Gasteiger partial charge in [0.25, 0.3) is 14.9 Å². The van der Waals surface area contributed by atoms with Crippen LogP contribution in [0.2, 0.25) is 6.04 Å². The van der Waals surface area contributed by atoms with E-state index in [-0.39, 0.29) is 53.9 Å². The SMILES string of the molecule is CCn1c(-c2cccnc2[C@H](C)OC)c2c3cc(ccc31)N1CCS[C@H](C1)C[Si](NC(=O)[C@@H](COC1CN(C(=O)C#CC(C)(C)N(C)C)C1)C(C)C)C(=O)N1CCC[C@H](N1)C(=O)OCC(C)(C)C2. The van der Waals surface area contributed by atoms with E-state index in [1.165, 1.54) is 5.56 Å². The zero-order valence-electron chi connectivity index (χ0n) is 42.1. The van der Waals surface area contributed by atoms with Crippen LogP contribution in [0.3, 0.4) is 0 Å². The van der Waals surface area contributed by atoms with E-state index in [1.54, 1.807) is 17.0 Å². The van der Waals surface area contributed by atoms with Crippen molar-refractivity contribution in [3.05, 3.63) is 47.8 Å². The molecule has 15 nitrogen and oxygen atoms in total. The third kappa shape index (κ3) is 11.6. The van der Waals surface area contributed by atoms with Crippen LogP contribution in [0.1, 0.15) is 85.6 Å². The molecule has 4 aliphatic rings. The number of esters is 1. The van der Waals surface area contributed by atoms with Gasteiger partial charge in [0.05, 0.1) is 48.3 Å². The Labute approximate surface area is 409 Å². The Balaban J connectivity index is 1.16. The van der Waals surface area contributed by atoms with Crippen molar-refractivity contribution in [3.63, 3.8) is 0 Å². The third-order valence-corrected chi connectivity index (χ3v) is 17.9. The van der Waals surface area contributed by atoms with Crippen LogP contribution in [0.5, 0.6) is 0 Å². The fourth-order valence-corrected chi connectivity index (χ4v) is 13.2. The number of aromatic nitrogens is 2. The van der Waals surface area contributed by atoms with Gasteiger partial charge in [0.15, 0.2) is 0 Å². The average Bonchev–Trinajstić information content (AvgIpc) is 3.60. The number of hydrogen-bond donors (Lipinski definition) is 2. The highest BCUT2D eigenvalue weighted by atomic mass is 32.2. The molecule has 17 heteroatoms. The lowest BCUT2D eigenvalue weighted by Gasteiger charge is -2.39. The normalized spacial score (nSPS) is 21.8. The third-order valence-electron chi connectivity index (χ3n) is 14.1. The lowest BCUT2D eigenvalue weighted by molar-refractivity contribution is -0.151. The fourth-order valence-electron chi connectivity index (χ4n) is 9.29. The minimum atomic E-state index is -2.25. The average molecular weight is 970 g/mol. The van der Waals surface area contributed by atoms with E-state index in [9.17, 15) is 19.2 Å². The van der Waals surface area contributed by atoms with Crippen LogP contribution in [0, 0.1) is 29.1 Å². The lowest BCUT2D eigenvalue weighted by atomic mass is 9.84. The fraction of sp³-hybridized carbons (Fsp3) is 0.627. The molecule has 4 atom stereocenters. The van der Waals surface area contributed by atoms with Crippen LogP contribution in [0.15, 0.2) is 36.5 Å². The number of hydrogen-bond acceptors (Lipinski definition) is 12. The Bertz CT molecular complexity index is 2390. The number of nitrogens with one attached hydrogen (secondary N) is 2. The Morgan fingerprint density at radius 3 is 2.60 bits per heavy atom. The van der Waals surface area contributed by atoms with Crippen molar-refractivity contribution in [2.45, 2.75) is 116 Å². The zero-order chi connectivity index (χ0) is 49.1. The molecular weight excluding hydrogens is 897 g/mol. The number of thioether (sulfide) groups is 1. The summed E-state index contributed by atoms with van der Waals surface area (Å²) in [4.78, 5) is 70.1. The highest BCUT2D eigenvalue weighted by Crippen LogP contribution is 2.42. The van der Waals surface area contributed by atoms with Crippen LogP contribution in [-0.4, -0.2) is 152 Å². The number of benzene rings is 1. The molecular formula is C51H73N8O7SSi. The molecule has 369 valence electrons. The van der Waals surface area contributed by atoms with Gasteiger partial charge in [-0.1, -0.05) is 33.6 Å². The highest BCUT2D eigenvalue weighted by molar-refractivity contribution is 8.00. The molecule has 1 aromatic carbocycles. The van der Waals surface area contributed by atoms with Crippen LogP contribution in [0.25, 0.3) is 22.2 Å². The van der Waals surface area contributed by atoms with Gasteiger partial charge < -0.3 is 33.6 Å². The number of carbonyl (C=O) groups is 4. The summed E-state index contributed by atoms with van der Waals surface area (Å²) in [5.74, 6) is 5.27. The van der Waals surface area contributed by atoms with Gasteiger partial charge in [-0.2, -0.15) is 11.8 Å². The number of fused-ring (bicyclic) bond motifs is 6. The molecule has 7 rings (SSSR count). The van der Waals surface area contributed by atoms with Crippen LogP contribution in [0.4, 0.5) is 10.5 Å². The number of cyclic esters (lactones) is 1. The first kappa shape index (κ1) is 51.4. The summed E-state index contributed by atoms with van der Waals surface area (Å²) in [6, 6.07) is 10.7. The number of ether oxygens (including phenoxy) is 3. The summed E-state index contributed by atoms with van der Waals surface area (Å²) in [6.45, 7) is 20.3. The van der Waals surface area contributed by atoms with Gasteiger partial charge in [-0.15, -0.1) is 0 Å². The molecule has 2 N–H and O–H groups in total. The second-order valence-electron chi connectivity index (χ2n) is 20.6. The van der Waals surface area contributed by atoms with E-state index in [2.05, 4.69) is 76.8 Å². The van der Waals surface area contributed by atoms with Crippen LogP contribution >= 0.6 is 11.8 Å². The largest absolute Gasteiger partial charge is 0.464 e. The molecule has 3 aromatic rings. The summed E-state index contributed by atoms with van der Waals surface area (Å²) < 4.78 is 20.6. The van der Waals surface area contributed by atoms with E-state index < -0.39 is 37.8 Å². The predicted octanol–water partition coefficient (Wildman–Crippen LogP) is 6.10. The number of amides is 3. The van der Waals surface area contributed by atoms with E-state index in [0.717, 1.165) is 52.4 Å². The maximum atomic E-state index is 14.8. The van der Waals surface area contributed by atoms with Gasteiger partial charge in [0.2, 0.25) is 11.4 Å². The van der Waals surface area contributed by atoms with E-state index >= 15 is 0 Å². The zero-order valence-corrected chi connectivity index (χ0v) is 43.9. The number of nitrogens with zero attached hydrogens (tertiary/aromatic N) is 6. The molecule has 3 saturated heterocycles. The molecule has 6 heterocycles. The summed E-state index contributed by atoms with van der Waals surface area (Å²) in [7, 11) is 3.31. The summed E-state index contributed by atoms with van der Waals surface area (Å²) >= 11 is 1.85. The van der Waals surface area contributed by atoms with Gasteiger partial charge >= 0.3 is 5.97 Å². The molecule has 0 saturated carbocycles. The minimum absolute atomic E-state index is 0.0587. The maximum absolute atomic E-state index is 14.8. The number of likely N-dealkylation sites (tertiary alicyclic amines) is 1. The van der Waals surface area contributed by atoms with Crippen molar-refractivity contribution in [2.24, 2.45) is 17.3 Å². The number of rotatable bonds is 11. The molecule has 4 aliphatic heterocycles. The predicted molar refractivity (Wildman–Crippen MR) is 270 cm³/mol. The second-order valence-corrected chi connectivity index (χ2v) is 24.1. The van der Waals surface area contributed by atoms with Gasteiger partial charge in [0.1, 0.15) is 6.04 Å². The molecule has 0 spiro atoms. The van der Waals surface area contributed by atoms with Gasteiger partial charge in [-0.05, 0) is 115 Å². The van der Waals surface area contributed by atoms with E-state index in [0.29, 0.717) is 51.5 Å². The number of methoxy groups -OCH3 is 1. The Morgan fingerprint density at radius 2 is 1.90 bits per heavy atom. The van der Waals surface area contributed by atoms with Crippen molar-refractivity contribution in [3.8, 4) is 23.1 Å². The molecule has 3 fully saturated rings. The standard InChI is InChI=1S/C51H73N8O7SSi/c1-12-58-43-18-17-35-25-39(43)40(46(58)38-15-13-21-52-45(38)34(4)64-11)26-50(5,6)32-66-48(62)42-16-14-22-59(53-42)49(63)68(31-37-29-56(35)23-24-67-37)54-47(61)41(33(2)3)30-65-36-27-57(28-36)44(60)19-20-51(7,8)55(9)10/h13,15,17-18,21,25,33-34,36-37,41-42,53H,12,14,16,22-24,26-32H2,1-11H3,(H,54,61)/t34-,37+,41-,42-/m0/s1. The Hall–Kier alpha value is -4.44. The monoisotopic (exact) mass is 970 g/mol. The summed E-state index contributed by atoms with van der Waals surface area (Å²) in [5, 5.41) is 2.77. The minimum Gasteiger partial charge on any atom is -0.464 e. The number of hydrazine groups is 1. The van der Waals surface area contributed by atoms with Crippen molar-refractivity contribution in [1.29, 1.82) is 0 Å². The first-order valence-corrected chi connectivity index (χ1v) is 27.1. The van der Waals surface area contributed by atoms with E-state index in [4.69, 9.17) is 19.2 Å². The van der Waals surface area contributed by atoms with Crippen LogP contribution < -0.4 is 15.3 Å². The number of carbonyl (C=O) groups excluding carboxylic acids is 4. The topological polar surface area (TPSA) is 151 Å². The highest BCUT2D eigenvalue weighted by Gasteiger charge is 2.40. The Morgan fingerprint density at radius 1 is 1.13 bits per heavy atom. The quantitative estimate of drug-likeness (QED) is 0.130. The van der Waals surface area contributed by atoms with Gasteiger partial charge in [0, 0.05) is 91.1 Å². The maximum Gasteiger partial charge on any atom is 0.324 e. The van der Waals surface area contributed by atoms with Crippen molar-refractivity contribution < 1.29 is 33.4 Å². The van der Waals surface area contributed by atoms with Crippen molar-refractivity contribution in [2.75, 3.05) is 77.8 Å². The first-order chi connectivity index (χ1) is 32.3. The molecule has 2 aromatic heterocycles. The number of aryl methyl sites for hydroxylation is 1. The molecule has 0 aliphatic carbocycles. The Kier molecular flexibility index (Phi) is 16.4. The summed E-state index contributed by atoms with van der Waals surface area (Å²) in [6.07, 6.45) is 3.17. The molecule has 68 heavy (non-hydrogen) atoms. The van der Waals surface area contributed by atoms with Gasteiger partial charge in [-0.25, -0.2) is 5.43 Å². The van der Waals surface area contributed by atoms with E-state index in [1.807, 2.05) is 77.6 Å². The second kappa shape index (κ2) is 21.7. The van der Waals surface area contributed by atoms with Crippen molar-refractivity contribution in [1.82, 2.24) is 34.8 Å². The molecule has 6 bridgehead atoms. The molecule has 3 amide bonds. The number of anilines is 1.